The van der Waals surface area contributed by atoms with Gasteiger partial charge in [-0.25, -0.2) is 9.97 Å². The normalized spacial score (nSPS) is 12.5. The molecule has 0 saturated carbocycles. The number of nitrogens with zero attached hydrogens (tertiary/aromatic N) is 4. The molecular weight excluding hydrogens is 242 g/mol. The van der Waals surface area contributed by atoms with Crippen LogP contribution in [0.1, 0.15) is 32.6 Å². The van der Waals surface area contributed by atoms with Crippen molar-refractivity contribution < 1.29 is 4.52 Å². The Morgan fingerprint density at radius 3 is 2.79 bits per heavy atom. The highest BCUT2D eigenvalue weighted by atomic mass is 16.5. The Balaban J connectivity index is 1.88. The number of hydrogen-bond acceptors (Lipinski definition) is 6. The number of aryl methyl sites for hydroxylation is 1. The van der Waals surface area contributed by atoms with Crippen LogP contribution in [0.3, 0.4) is 0 Å². The smallest absolute Gasteiger partial charge is 0.240 e. The van der Waals surface area contributed by atoms with E-state index in [1.165, 1.54) is 0 Å². The van der Waals surface area contributed by atoms with Crippen LogP contribution in [0.2, 0.25) is 0 Å². The van der Waals surface area contributed by atoms with E-state index >= 15 is 0 Å². The van der Waals surface area contributed by atoms with E-state index in [2.05, 4.69) is 39.3 Å². The van der Waals surface area contributed by atoms with Gasteiger partial charge in [-0.2, -0.15) is 4.98 Å². The molecule has 1 atom stereocenters. The summed E-state index contributed by atoms with van der Waals surface area (Å²) in [6.45, 7) is 5.35. The van der Waals surface area contributed by atoms with Crippen LogP contribution in [0.15, 0.2) is 23.0 Å². The molecule has 19 heavy (non-hydrogen) atoms. The molecule has 2 rings (SSSR count). The SMILES string of the molecule is CCCNC(C)CCc1nc(-c2ncccn2)no1. The number of aromatic nitrogens is 4. The first-order valence-corrected chi connectivity index (χ1v) is 6.63. The fourth-order valence-electron chi connectivity index (χ4n) is 1.69. The molecule has 0 aliphatic heterocycles. The minimum Gasteiger partial charge on any atom is -0.339 e. The Hall–Kier alpha value is -1.82. The van der Waals surface area contributed by atoms with Crippen molar-refractivity contribution in [1.82, 2.24) is 25.4 Å². The number of rotatable bonds is 7. The van der Waals surface area contributed by atoms with Crippen LogP contribution in [0.25, 0.3) is 11.6 Å². The summed E-state index contributed by atoms with van der Waals surface area (Å²) in [6, 6.07) is 2.20. The Bertz CT molecular complexity index is 485. The van der Waals surface area contributed by atoms with Crippen LogP contribution in [0.4, 0.5) is 0 Å². The van der Waals surface area contributed by atoms with E-state index in [1.54, 1.807) is 18.5 Å². The lowest BCUT2D eigenvalue weighted by molar-refractivity contribution is 0.367. The van der Waals surface area contributed by atoms with Gasteiger partial charge >= 0.3 is 0 Å². The molecule has 6 heteroatoms. The average Bonchev–Trinajstić information content (AvgIpc) is 2.93. The van der Waals surface area contributed by atoms with Gasteiger partial charge in [-0.15, -0.1) is 0 Å². The van der Waals surface area contributed by atoms with Gasteiger partial charge < -0.3 is 9.84 Å². The van der Waals surface area contributed by atoms with E-state index < -0.39 is 0 Å². The van der Waals surface area contributed by atoms with Gasteiger partial charge in [0.1, 0.15) is 0 Å². The Morgan fingerprint density at radius 1 is 1.26 bits per heavy atom. The van der Waals surface area contributed by atoms with Crippen molar-refractivity contribution in [3.05, 3.63) is 24.4 Å². The maximum Gasteiger partial charge on any atom is 0.240 e. The molecular formula is C13H19N5O. The molecule has 1 unspecified atom stereocenters. The monoisotopic (exact) mass is 261 g/mol. The van der Waals surface area contributed by atoms with Gasteiger partial charge in [-0.1, -0.05) is 12.1 Å². The summed E-state index contributed by atoms with van der Waals surface area (Å²) in [5, 5.41) is 7.32. The molecule has 6 nitrogen and oxygen atoms in total. The summed E-state index contributed by atoms with van der Waals surface area (Å²) < 4.78 is 5.21. The first-order chi connectivity index (χ1) is 9.29. The first kappa shape index (κ1) is 13.6. The molecule has 0 amide bonds. The first-order valence-electron chi connectivity index (χ1n) is 6.63. The second kappa shape index (κ2) is 6.94. The predicted molar refractivity (Wildman–Crippen MR) is 71.4 cm³/mol. The summed E-state index contributed by atoms with van der Waals surface area (Å²) in [6.07, 6.45) is 6.19. The minimum atomic E-state index is 0.447. The van der Waals surface area contributed by atoms with E-state index in [0.717, 1.165) is 25.8 Å². The Labute approximate surface area is 112 Å². The standard InChI is InChI=1S/C13H19N5O/c1-3-7-14-10(2)5-6-11-17-13(18-19-11)12-15-8-4-9-16-12/h4,8-10,14H,3,5-7H2,1-2H3. The van der Waals surface area contributed by atoms with Crippen LogP contribution < -0.4 is 5.32 Å². The zero-order valence-corrected chi connectivity index (χ0v) is 11.3. The Kier molecular flexibility index (Phi) is 4.97. The average molecular weight is 261 g/mol. The lowest BCUT2D eigenvalue weighted by Gasteiger charge is -2.10. The summed E-state index contributed by atoms with van der Waals surface area (Å²) in [7, 11) is 0. The molecule has 0 fully saturated rings. The quantitative estimate of drug-likeness (QED) is 0.819. The van der Waals surface area contributed by atoms with Crippen molar-refractivity contribution in [1.29, 1.82) is 0 Å². The van der Waals surface area contributed by atoms with Gasteiger partial charge in [0.05, 0.1) is 0 Å². The predicted octanol–water partition coefficient (Wildman–Crippen LogP) is 1.85. The fraction of sp³-hybridized carbons (Fsp3) is 0.538. The molecule has 2 heterocycles. The van der Waals surface area contributed by atoms with Crippen LogP contribution in [0.5, 0.6) is 0 Å². The third kappa shape index (κ3) is 4.10. The van der Waals surface area contributed by atoms with Crippen LogP contribution in [-0.2, 0) is 6.42 Å². The highest BCUT2D eigenvalue weighted by Gasteiger charge is 2.11. The molecule has 0 bridgehead atoms. The third-order valence-electron chi connectivity index (χ3n) is 2.77. The van der Waals surface area contributed by atoms with Crippen LogP contribution >= 0.6 is 0 Å². The minimum absolute atomic E-state index is 0.447. The topological polar surface area (TPSA) is 76.7 Å². The maximum absolute atomic E-state index is 5.21. The molecule has 2 aromatic rings. The molecule has 0 spiro atoms. The van der Waals surface area contributed by atoms with Gasteiger partial charge in [-0.3, -0.25) is 0 Å². The van der Waals surface area contributed by atoms with Crippen molar-refractivity contribution in [2.45, 2.75) is 39.2 Å². The summed E-state index contributed by atoms with van der Waals surface area (Å²) in [5.41, 5.74) is 0. The van der Waals surface area contributed by atoms with Gasteiger partial charge in [0, 0.05) is 24.9 Å². The highest BCUT2D eigenvalue weighted by Crippen LogP contribution is 2.10. The van der Waals surface area contributed by atoms with E-state index in [4.69, 9.17) is 4.52 Å². The summed E-state index contributed by atoms with van der Waals surface area (Å²) >= 11 is 0. The van der Waals surface area contributed by atoms with Gasteiger partial charge in [0.15, 0.2) is 0 Å². The van der Waals surface area contributed by atoms with Crippen LogP contribution in [0, 0.1) is 0 Å². The highest BCUT2D eigenvalue weighted by molar-refractivity contribution is 5.40. The molecule has 1 N–H and O–H groups in total. The molecule has 0 aromatic carbocycles. The summed E-state index contributed by atoms with van der Waals surface area (Å²) in [5.74, 6) is 1.58. The molecule has 0 aliphatic carbocycles. The van der Waals surface area contributed by atoms with E-state index in [1.807, 2.05) is 0 Å². The largest absolute Gasteiger partial charge is 0.339 e. The zero-order chi connectivity index (χ0) is 13.5. The van der Waals surface area contributed by atoms with Crippen molar-refractivity contribution in [2.75, 3.05) is 6.54 Å². The molecule has 0 saturated heterocycles. The molecule has 0 aliphatic rings. The second-order valence-electron chi connectivity index (χ2n) is 4.48. The van der Waals surface area contributed by atoms with Gasteiger partial charge in [0.2, 0.25) is 17.5 Å². The van der Waals surface area contributed by atoms with Crippen molar-refractivity contribution in [2.24, 2.45) is 0 Å². The number of nitrogens with one attached hydrogen (secondary N) is 1. The third-order valence-corrected chi connectivity index (χ3v) is 2.77. The molecule has 0 radical (unpaired) electrons. The van der Waals surface area contributed by atoms with E-state index in [0.29, 0.717) is 23.6 Å². The second-order valence-corrected chi connectivity index (χ2v) is 4.48. The lowest BCUT2D eigenvalue weighted by atomic mass is 10.2. The number of hydrogen-bond donors (Lipinski definition) is 1. The van der Waals surface area contributed by atoms with E-state index in [9.17, 15) is 0 Å². The maximum atomic E-state index is 5.21. The van der Waals surface area contributed by atoms with Gasteiger partial charge in [0.25, 0.3) is 0 Å². The van der Waals surface area contributed by atoms with Crippen LogP contribution in [-0.4, -0.2) is 32.7 Å². The lowest BCUT2D eigenvalue weighted by Crippen LogP contribution is -2.27. The fourth-order valence-corrected chi connectivity index (χ4v) is 1.69. The zero-order valence-electron chi connectivity index (χ0n) is 11.3. The van der Waals surface area contributed by atoms with Crippen molar-refractivity contribution >= 4 is 0 Å². The van der Waals surface area contributed by atoms with Gasteiger partial charge in [-0.05, 0) is 32.4 Å². The summed E-state index contributed by atoms with van der Waals surface area (Å²) in [4.78, 5) is 12.5. The Morgan fingerprint density at radius 2 is 2.05 bits per heavy atom. The van der Waals surface area contributed by atoms with Crippen molar-refractivity contribution in [3.63, 3.8) is 0 Å². The van der Waals surface area contributed by atoms with Crippen molar-refractivity contribution in [3.8, 4) is 11.6 Å². The molecule has 102 valence electrons. The molecule has 2 aromatic heterocycles. The van der Waals surface area contributed by atoms with E-state index in [-0.39, 0.29) is 0 Å².